The summed E-state index contributed by atoms with van der Waals surface area (Å²) in [6, 6.07) is 11.7. The second-order valence-corrected chi connectivity index (χ2v) is 8.83. The van der Waals surface area contributed by atoms with Gasteiger partial charge >= 0.3 is 6.80 Å². The van der Waals surface area contributed by atoms with Gasteiger partial charge in [0.2, 0.25) is 0 Å². The Bertz CT molecular complexity index is 696. The molecule has 124 valence electrons. The van der Waals surface area contributed by atoms with Crippen LogP contribution < -0.4 is 0 Å². The molecule has 0 aliphatic heterocycles. The zero-order valence-corrected chi connectivity index (χ0v) is 14.1. The van der Waals surface area contributed by atoms with E-state index in [4.69, 9.17) is 9.79 Å². The van der Waals surface area contributed by atoms with Crippen LogP contribution in [0.25, 0.3) is 0 Å². The third-order valence-electron chi connectivity index (χ3n) is 3.37. The number of benzene rings is 2. The van der Waals surface area contributed by atoms with Crippen LogP contribution in [0, 0.1) is 0 Å². The Labute approximate surface area is 138 Å². The molecule has 0 unspecified atom stereocenters. The summed E-state index contributed by atoms with van der Waals surface area (Å²) in [7, 11) is 0. The van der Waals surface area contributed by atoms with E-state index in [9.17, 15) is 14.8 Å². The molecule has 0 radical (unpaired) electrons. The van der Waals surface area contributed by atoms with Gasteiger partial charge < -0.3 is 20.0 Å². The van der Waals surface area contributed by atoms with Gasteiger partial charge in [-0.05, 0) is 72.5 Å². The van der Waals surface area contributed by atoms with E-state index >= 15 is 0 Å². The average Bonchev–Trinajstić information content (AvgIpc) is 2.45. The van der Waals surface area contributed by atoms with E-state index in [0.717, 1.165) is 30.4 Å². The molecule has 0 aliphatic carbocycles. The molecule has 0 saturated carbocycles. The highest BCUT2D eigenvalue weighted by molar-refractivity contribution is 8.54. The number of phenolic OH excluding ortho intramolecular Hbond substituents is 2. The molecule has 0 bridgehead atoms. The third-order valence-corrected chi connectivity index (χ3v) is 5.48. The lowest BCUT2D eigenvalue weighted by Crippen LogP contribution is -1.92. The maximum absolute atomic E-state index is 11.2. The van der Waals surface area contributed by atoms with Gasteiger partial charge in [-0.25, -0.2) is 4.57 Å². The Hall–Kier alpha value is -1.46. The molecule has 0 amide bonds. The first kappa shape index (κ1) is 17.9. The first-order valence-corrected chi connectivity index (χ1v) is 10.2. The van der Waals surface area contributed by atoms with Gasteiger partial charge in [-0.2, -0.15) is 0 Å². The van der Waals surface area contributed by atoms with Crippen molar-refractivity contribution in [1.82, 2.24) is 0 Å². The van der Waals surface area contributed by atoms with Crippen LogP contribution in [0.1, 0.15) is 24.0 Å². The van der Waals surface area contributed by atoms with Gasteiger partial charge in [-0.15, -0.1) is 0 Å². The van der Waals surface area contributed by atoms with Crippen molar-refractivity contribution in [3.05, 3.63) is 53.6 Å². The topological polar surface area (TPSA) is 98.0 Å². The third kappa shape index (κ3) is 6.28. The largest absolute Gasteiger partial charge is 0.508 e. The average molecular weight is 354 g/mol. The zero-order chi connectivity index (χ0) is 16.9. The molecule has 0 spiro atoms. The van der Waals surface area contributed by atoms with Gasteiger partial charge in [0.05, 0.1) is 0 Å². The molecular formula is C16H19O5PS. The van der Waals surface area contributed by atoms with Crippen LogP contribution in [0.4, 0.5) is 0 Å². The van der Waals surface area contributed by atoms with Crippen LogP contribution >= 0.6 is 18.2 Å². The predicted molar refractivity (Wildman–Crippen MR) is 90.8 cm³/mol. The van der Waals surface area contributed by atoms with Crippen molar-refractivity contribution >= 4 is 18.2 Å². The summed E-state index contributed by atoms with van der Waals surface area (Å²) in [6.07, 6.45) is 3.34. The molecule has 2 aromatic rings. The van der Waals surface area contributed by atoms with E-state index in [1.165, 1.54) is 12.1 Å². The van der Waals surface area contributed by atoms with Gasteiger partial charge in [0.15, 0.2) is 0 Å². The predicted octanol–water partition coefficient (Wildman–Crippen LogP) is 3.85. The Morgan fingerprint density at radius 1 is 0.870 bits per heavy atom. The van der Waals surface area contributed by atoms with E-state index in [-0.39, 0.29) is 11.5 Å². The molecule has 0 atom stereocenters. The minimum Gasteiger partial charge on any atom is -0.508 e. The van der Waals surface area contributed by atoms with Crippen molar-refractivity contribution in [3.63, 3.8) is 0 Å². The number of hydrogen-bond donors (Lipinski definition) is 4. The number of aromatic hydroxyl groups is 2. The van der Waals surface area contributed by atoms with Crippen molar-refractivity contribution in [2.24, 2.45) is 0 Å². The van der Waals surface area contributed by atoms with E-state index in [2.05, 4.69) is 0 Å². The SMILES string of the molecule is O=P(O)(O)Sc1cc(O)ccc1CCCCc1ccc(O)cc1. The molecular weight excluding hydrogens is 335 g/mol. The quantitative estimate of drug-likeness (QED) is 0.445. The molecule has 4 N–H and O–H groups in total. The number of hydrogen-bond acceptors (Lipinski definition) is 4. The lowest BCUT2D eigenvalue weighted by atomic mass is 10.0. The van der Waals surface area contributed by atoms with Crippen LogP contribution in [0.2, 0.25) is 0 Å². The summed E-state index contributed by atoms with van der Waals surface area (Å²) in [5, 5.41) is 18.7. The highest BCUT2D eigenvalue weighted by Crippen LogP contribution is 2.55. The normalized spacial score (nSPS) is 11.6. The minimum atomic E-state index is -4.24. The Balaban J connectivity index is 1.92. The number of aryl methyl sites for hydroxylation is 2. The Kier molecular flexibility index (Phi) is 6.13. The lowest BCUT2D eigenvalue weighted by Gasteiger charge is -2.10. The van der Waals surface area contributed by atoms with Crippen LogP contribution in [0.15, 0.2) is 47.4 Å². The fraction of sp³-hybridized carbons (Fsp3) is 0.250. The summed E-state index contributed by atoms with van der Waals surface area (Å²) < 4.78 is 11.2. The molecule has 0 aliphatic rings. The van der Waals surface area contributed by atoms with Crippen molar-refractivity contribution < 1.29 is 24.6 Å². The Morgan fingerprint density at radius 3 is 2.13 bits per heavy atom. The number of rotatable bonds is 7. The molecule has 23 heavy (non-hydrogen) atoms. The molecule has 7 heteroatoms. The molecule has 0 aromatic heterocycles. The molecule has 2 rings (SSSR count). The monoisotopic (exact) mass is 354 g/mol. The van der Waals surface area contributed by atoms with Crippen molar-refractivity contribution in [3.8, 4) is 11.5 Å². The van der Waals surface area contributed by atoms with Crippen molar-refractivity contribution in [2.45, 2.75) is 30.6 Å². The van der Waals surface area contributed by atoms with Gasteiger partial charge in [0.1, 0.15) is 11.5 Å². The first-order chi connectivity index (χ1) is 10.8. The molecule has 0 saturated heterocycles. The first-order valence-electron chi connectivity index (χ1n) is 7.18. The van der Waals surface area contributed by atoms with Gasteiger partial charge in [0, 0.05) is 4.90 Å². The van der Waals surface area contributed by atoms with Gasteiger partial charge in [-0.3, -0.25) is 0 Å². The fourth-order valence-corrected chi connectivity index (χ4v) is 4.27. The van der Waals surface area contributed by atoms with Crippen molar-refractivity contribution in [1.29, 1.82) is 0 Å². The second kappa shape index (κ2) is 7.88. The van der Waals surface area contributed by atoms with E-state index in [0.29, 0.717) is 22.7 Å². The molecule has 0 heterocycles. The Morgan fingerprint density at radius 2 is 1.48 bits per heavy atom. The molecule has 5 nitrogen and oxygen atoms in total. The standard InChI is InChI=1S/C16H19O5PS/c17-14-8-5-12(6-9-14)3-1-2-4-13-7-10-15(18)11-16(13)23-22(19,20)21/h5-11,17-18H,1-4H2,(H2,19,20,21). The van der Waals surface area contributed by atoms with Crippen LogP contribution in [-0.4, -0.2) is 20.0 Å². The smallest absolute Gasteiger partial charge is 0.388 e. The summed E-state index contributed by atoms with van der Waals surface area (Å²) in [5.41, 5.74) is 1.96. The van der Waals surface area contributed by atoms with Gasteiger partial charge in [0.25, 0.3) is 0 Å². The maximum Gasteiger partial charge on any atom is 0.388 e. The summed E-state index contributed by atoms with van der Waals surface area (Å²) in [4.78, 5) is 18.6. The lowest BCUT2D eigenvalue weighted by molar-refractivity contribution is 0.397. The van der Waals surface area contributed by atoms with E-state index in [1.807, 2.05) is 12.1 Å². The summed E-state index contributed by atoms with van der Waals surface area (Å²) in [6.45, 7) is -4.24. The highest BCUT2D eigenvalue weighted by Gasteiger charge is 2.18. The highest BCUT2D eigenvalue weighted by atomic mass is 32.7. The number of unbranched alkanes of at least 4 members (excludes halogenated alkanes) is 1. The summed E-state index contributed by atoms with van der Waals surface area (Å²) >= 11 is 0.476. The van der Waals surface area contributed by atoms with E-state index < -0.39 is 6.80 Å². The van der Waals surface area contributed by atoms with Crippen molar-refractivity contribution in [2.75, 3.05) is 0 Å². The van der Waals surface area contributed by atoms with Crippen LogP contribution in [0.3, 0.4) is 0 Å². The second-order valence-electron chi connectivity index (χ2n) is 5.25. The minimum absolute atomic E-state index is 0.00575. The maximum atomic E-state index is 11.2. The zero-order valence-electron chi connectivity index (χ0n) is 12.4. The van der Waals surface area contributed by atoms with Crippen LogP contribution in [0.5, 0.6) is 11.5 Å². The fourth-order valence-electron chi connectivity index (χ4n) is 2.27. The molecule has 0 fully saturated rings. The van der Waals surface area contributed by atoms with Gasteiger partial charge in [-0.1, -0.05) is 18.2 Å². The summed E-state index contributed by atoms with van der Waals surface area (Å²) in [5.74, 6) is 0.241. The van der Waals surface area contributed by atoms with Crippen LogP contribution in [-0.2, 0) is 17.4 Å². The number of phenols is 2. The van der Waals surface area contributed by atoms with E-state index in [1.54, 1.807) is 18.2 Å². The molecule has 2 aromatic carbocycles.